The van der Waals surface area contributed by atoms with Crippen LogP contribution in [0.4, 0.5) is 0 Å². The lowest BCUT2D eigenvalue weighted by molar-refractivity contribution is -0.138. The number of nitrogens with zero attached hydrogens (tertiary/aromatic N) is 1. The predicted molar refractivity (Wildman–Crippen MR) is 73.1 cm³/mol. The van der Waals surface area contributed by atoms with Gasteiger partial charge in [0, 0.05) is 25.0 Å². The highest BCUT2D eigenvalue weighted by Crippen LogP contribution is 2.20. The molecule has 98 valence electrons. The number of amides is 1. The molecule has 2 unspecified atom stereocenters. The second-order valence-corrected chi connectivity index (χ2v) is 5.34. The number of likely N-dealkylation sites (tertiary alicyclic amines) is 1. The molecule has 1 amide bonds. The molecule has 3 nitrogen and oxygen atoms in total. The van der Waals surface area contributed by atoms with E-state index in [4.69, 9.17) is 5.73 Å². The minimum absolute atomic E-state index is 0.0835. The van der Waals surface area contributed by atoms with E-state index in [1.165, 1.54) is 5.56 Å². The lowest BCUT2D eigenvalue weighted by Gasteiger charge is -2.32. The van der Waals surface area contributed by atoms with E-state index in [2.05, 4.69) is 31.2 Å². The van der Waals surface area contributed by atoms with Gasteiger partial charge in [-0.15, -0.1) is 0 Å². The van der Waals surface area contributed by atoms with Crippen LogP contribution in [0.5, 0.6) is 0 Å². The Kier molecular flexibility index (Phi) is 4.02. The SMILES string of the molecule is Cc1ccc(C(N)CN2CCCC(C)C2=O)cc1. The first-order valence-electron chi connectivity index (χ1n) is 6.69. The number of rotatable bonds is 3. The Hall–Kier alpha value is -1.35. The number of piperidine rings is 1. The van der Waals surface area contributed by atoms with Crippen LogP contribution in [0, 0.1) is 12.8 Å². The number of carbonyl (C=O) groups excluding carboxylic acids is 1. The average molecular weight is 246 g/mol. The Morgan fingerprint density at radius 1 is 1.39 bits per heavy atom. The molecule has 0 saturated carbocycles. The van der Waals surface area contributed by atoms with Gasteiger partial charge in [-0.3, -0.25) is 4.79 Å². The van der Waals surface area contributed by atoms with Crippen molar-refractivity contribution in [3.63, 3.8) is 0 Å². The molecule has 0 aromatic heterocycles. The topological polar surface area (TPSA) is 46.3 Å². The van der Waals surface area contributed by atoms with Gasteiger partial charge in [0.25, 0.3) is 0 Å². The number of aryl methyl sites for hydroxylation is 1. The van der Waals surface area contributed by atoms with Crippen LogP contribution in [0.1, 0.15) is 36.9 Å². The fourth-order valence-electron chi connectivity index (χ4n) is 2.47. The summed E-state index contributed by atoms with van der Waals surface area (Å²) >= 11 is 0. The first-order valence-corrected chi connectivity index (χ1v) is 6.69. The summed E-state index contributed by atoms with van der Waals surface area (Å²) in [4.78, 5) is 13.9. The minimum Gasteiger partial charge on any atom is -0.341 e. The standard InChI is InChI=1S/C15H22N2O/c1-11-5-7-13(8-6-11)14(16)10-17-9-3-4-12(2)15(17)18/h5-8,12,14H,3-4,9-10,16H2,1-2H3. The molecule has 1 saturated heterocycles. The smallest absolute Gasteiger partial charge is 0.225 e. The molecule has 2 atom stereocenters. The summed E-state index contributed by atoms with van der Waals surface area (Å²) in [6.07, 6.45) is 2.10. The van der Waals surface area contributed by atoms with Crippen LogP contribution in [0.15, 0.2) is 24.3 Å². The summed E-state index contributed by atoms with van der Waals surface area (Å²) < 4.78 is 0. The average Bonchev–Trinajstić information content (AvgIpc) is 2.36. The van der Waals surface area contributed by atoms with Crippen molar-refractivity contribution in [3.8, 4) is 0 Å². The molecule has 1 aromatic rings. The third-order valence-electron chi connectivity index (χ3n) is 3.72. The summed E-state index contributed by atoms with van der Waals surface area (Å²) in [6, 6.07) is 8.15. The van der Waals surface area contributed by atoms with Crippen molar-refractivity contribution in [2.45, 2.75) is 32.7 Å². The van der Waals surface area contributed by atoms with Gasteiger partial charge in [-0.2, -0.15) is 0 Å². The van der Waals surface area contributed by atoms with Gasteiger partial charge in [0.2, 0.25) is 5.91 Å². The van der Waals surface area contributed by atoms with Crippen LogP contribution in [0.25, 0.3) is 0 Å². The molecule has 0 spiro atoms. The number of nitrogens with two attached hydrogens (primary N) is 1. The van der Waals surface area contributed by atoms with Crippen molar-refractivity contribution in [1.29, 1.82) is 0 Å². The van der Waals surface area contributed by atoms with Gasteiger partial charge in [0.05, 0.1) is 0 Å². The van der Waals surface area contributed by atoms with Crippen molar-refractivity contribution in [1.82, 2.24) is 4.90 Å². The molecule has 2 N–H and O–H groups in total. The van der Waals surface area contributed by atoms with Gasteiger partial charge >= 0.3 is 0 Å². The van der Waals surface area contributed by atoms with Crippen molar-refractivity contribution in [2.24, 2.45) is 11.7 Å². The third kappa shape index (κ3) is 2.91. The van der Waals surface area contributed by atoms with Gasteiger partial charge in [-0.1, -0.05) is 36.8 Å². The monoisotopic (exact) mass is 246 g/mol. The maximum absolute atomic E-state index is 12.0. The van der Waals surface area contributed by atoms with E-state index < -0.39 is 0 Å². The van der Waals surface area contributed by atoms with Crippen LogP contribution in [-0.2, 0) is 4.79 Å². The van der Waals surface area contributed by atoms with Crippen molar-refractivity contribution < 1.29 is 4.79 Å². The minimum atomic E-state index is -0.0835. The summed E-state index contributed by atoms with van der Waals surface area (Å²) in [6.45, 7) is 5.55. The Balaban J connectivity index is 2.00. The number of carbonyl (C=O) groups is 1. The van der Waals surface area contributed by atoms with Crippen molar-refractivity contribution in [3.05, 3.63) is 35.4 Å². The predicted octanol–water partition coefficient (Wildman–Crippen LogP) is 2.25. The summed E-state index contributed by atoms with van der Waals surface area (Å²) in [7, 11) is 0. The molecule has 1 fully saturated rings. The zero-order chi connectivity index (χ0) is 13.1. The first-order chi connectivity index (χ1) is 8.58. The molecule has 0 bridgehead atoms. The van der Waals surface area contributed by atoms with Gasteiger partial charge < -0.3 is 10.6 Å². The molecule has 18 heavy (non-hydrogen) atoms. The highest BCUT2D eigenvalue weighted by Gasteiger charge is 2.26. The Labute approximate surface area is 109 Å². The summed E-state index contributed by atoms with van der Waals surface area (Å²) in [5.41, 5.74) is 8.52. The van der Waals surface area contributed by atoms with E-state index >= 15 is 0 Å². The second kappa shape index (κ2) is 5.53. The fraction of sp³-hybridized carbons (Fsp3) is 0.533. The Morgan fingerprint density at radius 2 is 2.06 bits per heavy atom. The molecule has 0 aliphatic carbocycles. The fourth-order valence-corrected chi connectivity index (χ4v) is 2.47. The molecular weight excluding hydrogens is 224 g/mol. The maximum Gasteiger partial charge on any atom is 0.225 e. The first kappa shape index (κ1) is 13.1. The normalized spacial score (nSPS) is 22.1. The van der Waals surface area contributed by atoms with Gasteiger partial charge in [-0.25, -0.2) is 0 Å². The summed E-state index contributed by atoms with van der Waals surface area (Å²) in [5.74, 6) is 0.410. The number of hydrogen-bond acceptors (Lipinski definition) is 2. The molecule has 0 radical (unpaired) electrons. The molecule has 1 aliphatic rings. The highest BCUT2D eigenvalue weighted by atomic mass is 16.2. The molecular formula is C15H22N2O. The van der Waals surface area contributed by atoms with E-state index in [9.17, 15) is 4.79 Å². The molecule has 1 heterocycles. The van der Waals surface area contributed by atoms with Gasteiger partial charge in [0.1, 0.15) is 0 Å². The quantitative estimate of drug-likeness (QED) is 0.889. The largest absolute Gasteiger partial charge is 0.341 e. The van der Waals surface area contributed by atoms with Crippen LogP contribution >= 0.6 is 0 Å². The lowest BCUT2D eigenvalue weighted by atomic mass is 9.97. The van der Waals surface area contributed by atoms with E-state index in [0.29, 0.717) is 6.54 Å². The van der Waals surface area contributed by atoms with E-state index in [0.717, 1.165) is 24.9 Å². The van der Waals surface area contributed by atoms with Crippen molar-refractivity contribution in [2.75, 3.05) is 13.1 Å². The maximum atomic E-state index is 12.0. The van der Waals surface area contributed by atoms with Crippen LogP contribution in [0.2, 0.25) is 0 Å². The molecule has 1 aromatic carbocycles. The Morgan fingerprint density at radius 3 is 2.72 bits per heavy atom. The van der Waals surface area contributed by atoms with E-state index in [1.54, 1.807) is 0 Å². The lowest BCUT2D eigenvalue weighted by Crippen LogP contribution is -2.43. The van der Waals surface area contributed by atoms with Crippen LogP contribution in [0.3, 0.4) is 0 Å². The zero-order valence-electron chi connectivity index (χ0n) is 11.2. The van der Waals surface area contributed by atoms with E-state index in [1.807, 2.05) is 11.8 Å². The number of hydrogen-bond donors (Lipinski definition) is 1. The second-order valence-electron chi connectivity index (χ2n) is 5.34. The molecule has 3 heteroatoms. The van der Waals surface area contributed by atoms with E-state index in [-0.39, 0.29) is 17.9 Å². The van der Waals surface area contributed by atoms with Crippen LogP contribution in [-0.4, -0.2) is 23.9 Å². The van der Waals surface area contributed by atoms with Crippen LogP contribution < -0.4 is 5.73 Å². The van der Waals surface area contributed by atoms with Gasteiger partial charge in [-0.05, 0) is 25.3 Å². The third-order valence-corrected chi connectivity index (χ3v) is 3.72. The zero-order valence-corrected chi connectivity index (χ0v) is 11.2. The molecule has 2 rings (SSSR count). The summed E-state index contributed by atoms with van der Waals surface area (Å²) in [5, 5.41) is 0. The van der Waals surface area contributed by atoms with Crippen molar-refractivity contribution >= 4 is 5.91 Å². The molecule has 1 aliphatic heterocycles. The highest BCUT2D eigenvalue weighted by molar-refractivity contribution is 5.79. The van der Waals surface area contributed by atoms with Gasteiger partial charge in [0.15, 0.2) is 0 Å². The number of benzene rings is 1. The Bertz CT molecular complexity index is 413.